The van der Waals surface area contributed by atoms with Crippen LogP contribution in [0.3, 0.4) is 0 Å². The summed E-state index contributed by atoms with van der Waals surface area (Å²) in [6.45, 7) is 22.7. The molecule has 0 rings (SSSR count). The molecule has 0 spiro atoms. The van der Waals surface area contributed by atoms with Crippen molar-refractivity contribution in [1.82, 2.24) is 0 Å². The van der Waals surface area contributed by atoms with Crippen molar-refractivity contribution in [3.63, 3.8) is 0 Å². The first-order valence-corrected chi connectivity index (χ1v) is 7.97. The molecule has 0 bridgehead atoms. The van der Waals surface area contributed by atoms with E-state index in [1.165, 1.54) is 20.8 Å². The van der Waals surface area contributed by atoms with Crippen LogP contribution in [0.1, 0.15) is 20.8 Å². The predicted octanol–water partition coefficient (Wildman–Crippen LogP) is 2.71. The summed E-state index contributed by atoms with van der Waals surface area (Å²) in [6, 6.07) is 0. The Hall–Kier alpha value is -4.74. The van der Waals surface area contributed by atoms with Gasteiger partial charge < -0.3 is 30.6 Å². The van der Waals surface area contributed by atoms with E-state index >= 15 is 0 Å². The van der Waals surface area contributed by atoms with Gasteiger partial charge in [-0.1, -0.05) is 39.5 Å². The summed E-state index contributed by atoms with van der Waals surface area (Å²) in [4.78, 5) is 56.5. The summed E-state index contributed by atoms with van der Waals surface area (Å²) in [6.07, 6.45) is 2.50. The van der Waals surface area contributed by atoms with Crippen molar-refractivity contribution in [3.05, 3.63) is 74.4 Å². The minimum Gasteiger partial charge on any atom is -0.478 e. The summed E-state index contributed by atoms with van der Waals surface area (Å²) < 4.78 is 0. The molecule has 12 heteroatoms. The predicted molar refractivity (Wildman–Crippen MR) is 121 cm³/mol. The molecule has 0 aliphatic rings. The third-order valence-corrected chi connectivity index (χ3v) is 1.62. The highest BCUT2D eigenvalue weighted by molar-refractivity contribution is 5.85. The van der Waals surface area contributed by atoms with Gasteiger partial charge in [-0.3, -0.25) is 0 Å². The lowest BCUT2D eigenvalue weighted by Gasteiger charge is -1.79. The van der Waals surface area contributed by atoms with Crippen LogP contribution < -0.4 is 0 Å². The Labute approximate surface area is 191 Å². The van der Waals surface area contributed by atoms with Crippen LogP contribution in [0.4, 0.5) is 0 Å². The zero-order valence-corrected chi connectivity index (χ0v) is 18.6. The molecule has 0 aromatic rings. The van der Waals surface area contributed by atoms with E-state index in [4.69, 9.17) is 30.6 Å². The van der Waals surface area contributed by atoms with Crippen LogP contribution in [-0.2, 0) is 28.8 Å². The lowest BCUT2D eigenvalue weighted by atomic mass is 10.4. The summed E-state index contributed by atoms with van der Waals surface area (Å²) in [7, 11) is 0. The van der Waals surface area contributed by atoms with E-state index in [-0.39, 0.29) is 16.7 Å². The highest BCUT2D eigenvalue weighted by Gasteiger charge is 1.91. The molecular weight excluding hydrogens is 444 g/mol. The van der Waals surface area contributed by atoms with Gasteiger partial charge in [0, 0.05) is 34.9 Å². The van der Waals surface area contributed by atoms with Crippen LogP contribution >= 0.6 is 0 Å². The number of carboxylic acid groups (broad SMARTS) is 6. The monoisotopic (exact) mass is 474 g/mol. The number of hydrogen-bond acceptors (Lipinski definition) is 6. The van der Waals surface area contributed by atoms with Crippen LogP contribution in [0.15, 0.2) is 74.4 Å². The molecule has 0 aromatic carbocycles. The second-order valence-corrected chi connectivity index (χ2v) is 4.88. The lowest BCUT2D eigenvalue weighted by Crippen LogP contribution is -1.92. The molecule has 0 heterocycles. The maximum atomic E-state index is 9.60. The Morgan fingerprint density at radius 2 is 0.515 bits per heavy atom. The van der Waals surface area contributed by atoms with Gasteiger partial charge in [0.1, 0.15) is 0 Å². The van der Waals surface area contributed by atoms with E-state index in [1.54, 1.807) is 0 Å². The van der Waals surface area contributed by atoms with E-state index in [2.05, 4.69) is 39.5 Å². The third kappa shape index (κ3) is 98.9. The lowest BCUT2D eigenvalue weighted by molar-refractivity contribution is -0.133. The van der Waals surface area contributed by atoms with Crippen LogP contribution in [0.5, 0.6) is 0 Å². The molecule has 12 nitrogen and oxygen atoms in total. The minimum atomic E-state index is -0.981. The maximum Gasteiger partial charge on any atom is 0.330 e. The summed E-state index contributed by atoms with van der Waals surface area (Å²) in [5.41, 5.74) is 0.528. The summed E-state index contributed by atoms with van der Waals surface area (Å²) >= 11 is 0. The topological polar surface area (TPSA) is 224 Å². The number of carboxylic acids is 6. The van der Waals surface area contributed by atoms with Gasteiger partial charge in [-0.2, -0.15) is 0 Å². The van der Waals surface area contributed by atoms with Crippen molar-refractivity contribution in [2.45, 2.75) is 20.8 Å². The fraction of sp³-hybridized carbons (Fsp3) is 0.143. The molecule has 0 aliphatic carbocycles. The molecule has 6 N–H and O–H groups in total. The smallest absolute Gasteiger partial charge is 0.330 e. The minimum absolute atomic E-state index is 0.176. The Balaban J connectivity index is -0.0000000664. The molecule has 0 unspecified atom stereocenters. The highest BCUT2D eigenvalue weighted by atomic mass is 16.4. The molecule has 0 amide bonds. The molecule has 186 valence electrons. The molecule has 0 radical (unpaired) electrons. The Morgan fingerprint density at radius 1 is 0.455 bits per heavy atom. The van der Waals surface area contributed by atoms with Gasteiger partial charge in [-0.15, -0.1) is 0 Å². The van der Waals surface area contributed by atoms with Gasteiger partial charge in [0.2, 0.25) is 0 Å². The van der Waals surface area contributed by atoms with Crippen molar-refractivity contribution < 1.29 is 59.4 Å². The average molecular weight is 474 g/mol. The van der Waals surface area contributed by atoms with Crippen molar-refractivity contribution in [1.29, 1.82) is 0 Å². The Morgan fingerprint density at radius 3 is 0.515 bits per heavy atom. The number of aliphatic carboxylic acids is 6. The van der Waals surface area contributed by atoms with Gasteiger partial charge in [0.05, 0.1) is 0 Å². The van der Waals surface area contributed by atoms with Crippen molar-refractivity contribution in [2.75, 3.05) is 0 Å². The third-order valence-electron chi connectivity index (χ3n) is 1.62. The number of hydrogen-bond donors (Lipinski definition) is 6. The van der Waals surface area contributed by atoms with E-state index in [9.17, 15) is 28.8 Å². The maximum absolute atomic E-state index is 9.60. The van der Waals surface area contributed by atoms with Crippen molar-refractivity contribution in [3.8, 4) is 0 Å². The number of rotatable bonds is 6. The van der Waals surface area contributed by atoms with E-state index in [0.29, 0.717) is 0 Å². The first kappa shape index (κ1) is 42.4. The van der Waals surface area contributed by atoms with Gasteiger partial charge >= 0.3 is 35.8 Å². The van der Waals surface area contributed by atoms with Gasteiger partial charge in [-0.25, -0.2) is 28.8 Å². The second kappa shape index (κ2) is 29.5. The molecule has 0 saturated carbocycles. The summed E-state index contributed by atoms with van der Waals surface area (Å²) in [5, 5.41) is 46.5. The van der Waals surface area contributed by atoms with Crippen LogP contribution in [0.2, 0.25) is 0 Å². The standard InChI is InChI=1S/3C4H6O2.3C3H4O2/c3*1-3(2)4(5)6;3*1-2-3(4)5/h3*1H2,2H3,(H,5,6);3*2H,1H2,(H,4,5). The van der Waals surface area contributed by atoms with Crippen molar-refractivity contribution >= 4 is 35.8 Å². The molecule has 0 aromatic heterocycles. The second-order valence-electron chi connectivity index (χ2n) is 4.88. The molecule has 0 atom stereocenters. The zero-order valence-electron chi connectivity index (χ0n) is 18.6. The van der Waals surface area contributed by atoms with Crippen LogP contribution in [0.25, 0.3) is 0 Å². The largest absolute Gasteiger partial charge is 0.478 e. The first-order valence-electron chi connectivity index (χ1n) is 7.97. The van der Waals surface area contributed by atoms with Crippen LogP contribution in [-0.4, -0.2) is 66.5 Å². The Kier molecular flexibility index (Phi) is 37.8. The van der Waals surface area contributed by atoms with E-state index in [1.807, 2.05) is 0 Å². The molecule has 0 aliphatic heterocycles. The fourth-order valence-electron chi connectivity index (χ4n) is 0. The van der Waals surface area contributed by atoms with Crippen molar-refractivity contribution in [2.24, 2.45) is 0 Å². The quantitative estimate of drug-likeness (QED) is 0.306. The molecular formula is C21H30O12. The molecule has 33 heavy (non-hydrogen) atoms. The normalized spacial score (nSPS) is 7.00. The van der Waals surface area contributed by atoms with Gasteiger partial charge in [-0.05, 0) is 20.8 Å². The van der Waals surface area contributed by atoms with E-state index in [0.717, 1.165) is 18.2 Å². The van der Waals surface area contributed by atoms with Crippen LogP contribution in [0, 0.1) is 0 Å². The Bertz CT molecular complexity index is 606. The van der Waals surface area contributed by atoms with Gasteiger partial charge in [0.25, 0.3) is 0 Å². The average Bonchev–Trinajstić information content (AvgIpc) is 2.69. The highest BCUT2D eigenvalue weighted by Crippen LogP contribution is 1.82. The molecule has 0 saturated heterocycles. The van der Waals surface area contributed by atoms with E-state index < -0.39 is 35.8 Å². The summed E-state index contributed by atoms with van der Waals surface area (Å²) in [5.74, 6) is -5.75. The fourth-order valence-corrected chi connectivity index (χ4v) is 0. The SMILES string of the molecule is C=C(C)C(=O)O.C=C(C)C(=O)O.C=C(C)C(=O)O.C=CC(=O)O.C=CC(=O)O.C=CC(=O)O. The first-order chi connectivity index (χ1) is 14.7. The zero-order chi connectivity index (χ0) is 28.3. The molecule has 0 fully saturated rings. The number of carbonyl (C=O) groups is 6. The van der Waals surface area contributed by atoms with Gasteiger partial charge in [0.15, 0.2) is 0 Å².